The Bertz CT molecular complexity index is 3570. The third-order valence-electron chi connectivity index (χ3n) is 14.1. The van der Waals surface area contributed by atoms with Crippen molar-refractivity contribution in [3.63, 3.8) is 0 Å². The molecule has 0 aliphatic heterocycles. The predicted octanol–water partition coefficient (Wildman–Crippen LogP) is 19.6. The summed E-state index contributed by atoms with van der Waals surface area (Å²) in [5.74, 6) is 2.87. The van der Waals surface area contributed by atoms with Gasteiger partial charge in [0.05, 0.1) is 19.8 Å². The van der Waals surface area contributed by atoms with Crippen LogP contribution < -0.4 is 14.2 Å². The van der Waals surface area contributed by atoms with Gasteiger partial charge in [-0.25, -0.2) is 0 Å². The summed E-state index contributed by atoms with van der Waals surface area (Å²) in [6, 6.07) is 61.2. The fourth-order valence-corrected chi connectivity index (χ4v) is 10.1. The van der Waals surface area contributed by atoms with Crippen LogP contribution in [-0.2, 0) is 0 Å². The van der Waals surface area contributed by atoms with E-state index < -0.39 is 0 Å². The zero-order chi connectivity index (χ0) is 46.9. The van der Waals surface area contributed by atoms with Crippen molar-refractivity contribution in [1.82, 2.24) is 0 Å². The Kier molecular flexibility index (Phi) is 14.4. The first-order valence-electron chi connectivity index (χ1n) is 26.0. The third-order valence-corrected chi connectivity index (χ3v) is 14.1. The molecule has 348 valence electrons. The number of ether oxygens (including phenoxy) is 3. The fraction of sp³-hybridized carbons (Fsp3) is 0.273. The van der Waals surface area contributed by atoms with E-state index in [2.05, 4.69) is 185 Å². The minimum absolute atomic E-state index is 0.720. The van der Waals surface area contributed by atoms with E-state index in [1.165, 1.54) is 106 Å². The molecule has 0 amide bonds. The molecule has 3 nitrogen and oxygen atoms in total. The molecule has 10 rings (SSSR count). The van der Waals surface area contributed by atoms with E-state index in [1.54, 1.807) is 0 Å². The van der Waals surface area contributed by atoms with Crippen LogP contribution in [-0.4, -0.2) is 19.8 Å². The molecule has 0 aliphatic carbocycles. The van der Waals surface area contributed by atoms with Crippen molar-refractivity contribution in [2.45, 2.75) is 97.8 Å². The van der Waals surface area contributed by atoms with Gasteiger partial charge in [0.15, 0.2) is 0 Å². The molecule has 0 atom stereocenters. The van der Waals surface area contributed by atoms with Gasteiger partial charge in [-0.2, -0.15) is 0 Å². The molecular weight excluding hydrogens is 841 g/mol. The molecular formula is C66H66O3. The van der Waals surface area contributed by atoms with E-state index >= 15 is 0 Å². The van der Waals surface area contributed by atoms with Crippen LogP contribution in [0.2, 0.25) is 0 Å². The molecule has 10 aromatic rings. The summed E-state index contributed by atoms with van der Waals surface area (Å²) in [7, 11) is 0. The van der Waals surface area contributed by atoms with Gasteiger partial charge in [0, 0.05) is 16.2 Å². The first-order chi connectivity index (χ1) is 34.0. The molecule has 10 aromatic carbocycles. The predicted molar refractivity (Wildman–Crippen MR) is 299 cm³/mol. The van der Waals surface area contributed by atoms with Crippen molar-refractivity contribution in [3.8, 4) is 17.2 Å². The van der Waals surface area contributed by atoms with Crippen LogP contribution in [0.15, 0.2) is 164 Å². The Labute approximate surface area is 408 Å². The Hall–Kier alpha value is -6.84. The lowest BCUT2D eigenvalue weighted by Gasteiger charge is -2.13. The molecule has 0 unspecified atom stereocenters. The number of fused-ring (bicyclic) bond motifs is 6. The summed E-state index contributed by atoms with van der Waals surface area (Å²) < 4.78 is 19.7. The summed E-state index contributed by atoms with van der Waals surface area (Å²) in [4.78, 5) is 0. The second kappa shape index (κ2) is 21.6. The Morgan fingerprint density at radius 3 is 0.754 bits per heavy atom. The van der Waals surface area contributed by atoms with Gasteiger partial charge in [-0.15, -0.1) is 0 Å². The van der Waals surface area contributed by atoms with Gasteiger partial charge in [0.1, 0.15) is 17.2 Å². The summed E-state index contributed by atoms with van der Waals surface area (Å²) >= 11 is 0. The van der Waals surface area contributed by atoms with E-state index in [9.17, 15) is 0 Å². The minimum atomic E-state index is 0.720. The summed E-state index contributed by atoms with van der Waals surface area (Å²) in [5, 5.41) is 21.2. The van der Waals surface area contributed by atoms with Crippen molar-refractivity contribution in [1.29, 1.82) is 0 Å². The van der Waals surface area contributed by atoms with Crippen LogP contribution in [0.4, 0.5) is 0 Å². The van der Waals surface area contributed by atoms with Gasteiger partial charge >= 0.3 is 0 Å². The van der Waals surface area contributed by atoms with Crippen LogP contribution in [0.1, 0.15) is 97.8 Å². The third kappa shape index (κ3) is 10.4. The van der Waals surface area contributed by atoms with E-state index in [4.69, 9.17) is 14.2 Å². The molecule has 0 fully saturated rings. The topological polar surface area (TPSA) is 27.7 Å². The largest absolute Gasteiger partial charge is 0.493 e. The molecule has 3 heteroatoms. The van der Waals surface area contributed by atoms with Crippen LogP contribution in [0.5, 0.6) is 17.2 Å². The van der Waals surface area contributed by atoms with Crippen molar-refractivity contribution < 1.29 is 14.2 Å². The van der Waals surface area contributed by atoms with Crippen LogP contribution in [0.25, 0.3) is 97.0 Å². The average molecular weight is 907 g/mol. The van der Waals surface area contributed by atoms with Gasteiger partial charge in [0.25, 0.3) is 0 Å². The van der Waals surface area contributed by atoms with Crippen LogP contribution in [0, 0.1) is 0 Å². The first kappa shape index (κ1) is 45.9. The zero-order valence-corrected chi connectivity index (χ0v) is 40.9. The van der Waals surface area contributed by atoms with Gasteiger partial charge in [-0.3, -0.25) is 0 Å². The highest BCUT2D eigenvalue weighted by atomic mass is 16.5. The van der Waals surface area contributed by atoms with Gasteiger partial charge in [-0.1, -0.05) is 188 Å². The molecule has 0 aromatic heterocycles. The Balaban J connectivity index is 1.19. The molecule has 69 heavy (non-hydrogen) atoms. The highest BCUT2D eigenvalue weighted by Gasteiger charge is 2.12. The normalized spacial score (nSPS) is 11.7. The lowest BCUT2D eigenvalue weighted by atomic mass is 9.97. The lowest BCUT2D eigenvalue weighted by Crippen LogP contribution is -1.98. The smallest absolute Gasteiger partial charge is 0.127 e. The zero-order valence-electron chi connectivity index (χ0n) is 40.9. The number of benzene rings is 9. The Morgan fingerprint density at radius 1 is 0.232 bits per heavy atom. The van der Waals surface area contributed by atoms with E-state index in [0.29, 0.717) is 0 Å². The van der Waals surface area contributed by atoms with Crippen molar-refractivity contribution >= 4 is 97.0 Å². The second-order valence-corrected chi connectivity index (χ2v) is 19.2. The number of hydrogen-bond donors (Lipinski definition) is 0. The van der Waals surface area contributed by atoms with Crippen molar-refractivity contribution in [2.75, 3.05) is 19.8 Å². The molecule has 0 radical (unpaired) electrons. The van der Waals surface area contributed by atoms with Gasteiger partial charge in [-0.05, 0) is 155 Å². The number of unbranched alkanes of at least 4 members (excludes halogenated alkanes) is 9. The maximum Gasteiger partial charge on any atom is 0.127 e. The number of hydrogen-bond acceptors (Lipinski definition) is 3. The second-order valence-electron chi connectivity index (χ2n) is 19.2. The number of rotatable bonds is 18. The molecule has 0 saturated heterocycles. The SMILES string of the molecule is CCCCCCOc1cc2ccc3ccc4ccc5cc(OCCCCCC)c6ccc(ccc7ccc8c(OCCCCCC)cc9ccc(ccc%10ccc1c(c%10)c2c3)cc9c8c7)cc6c5c4. The van der Waals surface area contributed by atoms with Crippen LogP contribution in [0.3, 0.4) is 0 Å². The molecule has 0 aliphatic rings. The van der Waals surface area contributed by atoms with Crippen molar-refractivity contribution in [3.05, 3.63) is 164 Å². The summed E-state index contributed by atoms with van der Waals surface area (Å²) in [6.45, 7) is 8.93. The maximum atomic E-state index is 6.58. The standard InChI is InChI=1S/C66H66O3/c1-4-7-10-13-34-67-64-43-52-28-22-46-16-17-47-23-29-53-44-65(68-35-14-11-8-5-2)56-32-26-50(41-62(56)59(53)38-47)20-21-51-27-33-57-63(42-51)60-39-48(18-19-49-25-31-55(64)61(40-49)58(52)37-46)24-30-54(60)45-66(57)69-36-15-12-9-6-3/h16-33,37-45H,4-15,34-36H2,1-3H3. The lowest BCUT2D eigenvalue weighted by molar-refractivity contribution is 0.308. The van der Waals surface area contributed by atoms with E-state index in [0.717, 1.165) is 105 Å². The van der Waals surface area contributed by atoms with E-state index in [-0.39, 0.29) is 0 Å². The molecule has 12 bridgehead atoms. The highest BCUT2D eigenvalue weighted by Crippen LogP contribution is 2.39. The van der Waals surface area contributed by atoms with Crippen molar-refractivity contribution in [2.24, 2.45) is 0 Å². The molecule has 0 saturated carbocycles. The van der Waals surface area contributed by atoms with E-state index in [1.807, 2.05) is 0 Å². The summed E-state index contributed by atoms with van der Waals surface area (Å²) in [5.41, 5.74) is 0. The Morgan fingerprint density at radius 2 is 0.478 bits per heavy atom. The summed E-state index contributed by atoms with van der Waals surface area (Å²) in [6.07, 6.45) is 14.1. The molecule has 0 heterocycles. The molecule has 0 N–H and O–H groups in total. The van der Waals surface area contributed by atoms with Crippen LogP contribution >= 0.6 is 0 Å². The highest BCUT2D eigenvalue weighted by molar-refractivity contribution is 6.15. The quantitative estimate of drug-likeness (QED) is 0.0634. The minimum Gasteiger partial charge on any atom is -0.493 e. The fourth-order valence-electron chi connectivity index (χ4n) is 10.1. The molecule has 0 spiro atoms. The monoisotopic (exact) mass is 907 g/mol. The average Bonchev–Trinajstić information content (AvgIpc) is 3.38. The van der Waals surface area contributed by atoms with Gasteiger partial charge < -0.3 is 14.2 Å². The first-order valence-corrected chi connectivity index (χ1v) is 26.0. The van der Waals surface area contributed by atoms with Gasteiger partial charge in [0.2, 0.25) is 0 Å². The maximum absolute atomic E-state index is 6.58.